The van der Waals surface area contributed by atoms with Gasteiger partial charge in [-0.3, -0.25) is 9.59 Å². The number of aliphatic hydroxyl groups excluding tert-OH is 3. The third-order valence-corrected chi connectivity index (χ3v) is 4.03. The highest BCUT2D eigenvalue weighted by molar-refractivity contribution is 5.92. The Morgan fingerprint density at radius 3 is 2.59 bits per heavy atom. The number of rotatable bonds is 7. The molecule has 0 radical (unpaired) electrons. The van der Waals surface area contributed by atoms with Crippen LogP contribution in [0.1, 0.15) is 32.3 Å². The molecule has 4 N–H and O–H groups in total. The normalized spacial score (nSPS) is 24.9. The minimum absolute atomic E-state index is 0.0371. The zero-order chi connectivity index (χ0) is 20.0. The molecule has 0 aliphatic carbocycles. The Morgan fingerprint density at radius 1 is 1.19 bits per heavy atom. The molecule has 1 unspecified atom stereocenters. The number of carbonyl (C=O) groups excluding carboxylic acids is 2. The maximum atomic E-state index is 11.8. The molecular formula is C18H25NO8. The smallest absolute Gasteiger partial charge is 0.305 e. The zero-order valence-electron chi connectivity index (χ0n) is 15.3. The molecule has 1 aromatic rings. The lowest BCUT2D eigenvalue weighted by Gasteiger charge is -2.35. The van der Waals surface area contributed by atoms with Gasteiger partial charge in [0.25, 0.3) is 0 Å². The first-order valence-electron chi connectivity index (χ1n) is 8.76. The van der Waals surface area contributed by atoms with Gasteiger partial charge in [-0.2, -0.15) is 0 Å². The van der Waals surface area contributed by atoms with Crippen LogP contribution in [0.15, 0.2) is 18.2 Å². The van der Waals surface area contributed by atoms with Crippen molar-refractivity contribution in [3.63, 3.8) is 0 Å². The van der Waals surface area contributed by atoms with Crippen molar-refractivity contribution in [3.05, 3.63) is 23.8 Å². The molecule has 0 aromatic heterocycles. The second kappa shape index (κ2) is 9.65. The number of hydrogen-bond acceptors (Lipinski definition) is 8. The fraction of sp³-hybridized carbons (Fsp3) is 0.556. The van der Waals surface area contributed by atoms with Crippen LogP contribution in [0.2, 0.25) is 0 Å². The fourth-order valence-corrected chi connectivity index (χ4v) is 2.38. The van der Waals surface area contributed by atoms with Crippen molar-refractivity contribution in [2.75, 3.05) is 11.9 Å². The standard InChI is InChI=1S/C18H25NO8/c1-3-14(21)19-11-7-10(8-25-15(22)4-2)5-6-13(11)27-18-17(24)16(23)12(20)9-26-18/h5-7,12,16-18,20,23-24H,3-4,8-9H2,1-2H3,(H,19,21)/t12-,16+,17-,18?/m1/s1. The Hall–Kier alpha value is -2.20. The summed E-state index contributed by atoms with van der Waals surface area (Å²) < 4.78 is 15.9. The summed E-state index contributed by atoms with van der Waals surface area (Å²) in [5.74, 6) is -0.404. The van der Waals surface area contributed by atoms with Gasteiger partial charge in [0.15, 0.2) is 0 Å². The van der Waals surface area contributed by atoms with E-state index in [2.05, 4.69) is 5.32 Å². The molecule has 150 valence electrons. The summed E-state index contributed by atoms with van der Waals surface area (Å²) in [5, 5.41) is 32.0. The van der Waals surface area contributed by atoms with E-state index < -0.39 is 24.6 Å². The van der Waals surface area contributed by atoms with E-state index in [1.165, 1.54) is 6.07 Å². The minimum Gasteiger partial charge on any atom is -0.461 e. The molecule has 1 heterocycles. The fourth-order valence-electron chi connectivity index (χ4n) is 2.38. The monoisotopic (exact) mass is 383 g/mol. The van der Waals surface area contributed by atoms with Crippen LogP contribution in [0.25, 0.3) is 0 Å². The van der Waals surface area contributed by atoms with Gasteiger partial charge in [0.2, 0.25) is 12.2 Å². The molecule has 2 rings (SSSR count). The van der Waals surface area contributed by atoms with Crippen molar-refractivity contribution < 1.29 is 39.1 Å². The quantitative estimate of drug-likeness (QED) is 0.494. The second-order valence-corrected chi connectivity index (χ2v) is 6.11. The van der Waals surface area contributed by atoms with Crippen LogP contribution in [0.3, 0.4) is 0 Å². The largest absolute Gasteiger partial charge is 0.461 e. The van der Waals surface area contributed by atoms with Crippen LogP contribution in [-0.2, 0) is 25.7 Å². The number of esters is 1. The van der Waals surface area contributed by atoms with E-state index in [1.54, 1.807) is 26.0 Å². The Labute approximate surface area is 156 Å². The summed E-state index contributed by atoms with van der Waals surface area (Å²) in [7, 11) is 0. The highest BCUT2D eigenvalue weighted by Gasteiger charge is 2.39. The number of hydrogen-bond donors (Lipinski definition) is 4. The van der Waals surface area contributed by atoms with Crippen LogP contribution in [-0.4, -0.2) is 58.4 Å². The molecule has 1 aromatic carbocycles. The number of amides is 1. The molecule has 9 nitrogen and oxygen atoms in total. The summed E-state index contributed by atoms with van der Waals surface area (Å²) in [4.78, 5) is 23.1. The van der Waals surface area contributed by atoms with Crippen LogP contribution in [0.5, 0.6) is 5.75 Å². The van der Waals surface area contributed by atoms with E-state index in [4.69, 9.17) is 14.2 Å². The lowest BCUT2D eigenvalue weighted by Crippen LogP contribution is -2.54. The van der Waals surface area contributed by atoms with E-state index in [0.29, 0.717) is 11.3 Å². The van der Waals surface area contributed by atoms with Crippen LogP contribution in [0, 0.1) is 0 Å². The molecule has 0 spiro atoms. The summed E-state index contributed by atoms with van der Waals surface area (Å²) in [6.07, 6.45) is -4.81. The predicted octanol–water partition coefficient (Wildman–Crippen LogP) is 0.306. The molecular weight excluding hydrogens is 358 g/mol. The van der Waals surface area contributed by atoms with E-state index in [1.807, 2.05) is 0 Å². The lowest BCUT2D eigenvalue weighted by atomic mass is 10.1. The van der Waals surface area contributed by atoms with Crippen molar-refractivity contribution in [1.82, 2.24) is 0 Å². The topological polar surface area (TPSA) is 135 Å². The SMILES string of the molecule is CCC(=O)Nc1cc(COC(=O)CC)ccc1OC1OC[C@@H](O)[C@H](O)[C@H]1O. The van der Waals surface area contributed by atoms with Crippen molar-refractivity contribution in [1.29, 1.82) is 0 Å². The van der Waals surface area contributed by atoms with Gasteiger partial charge in [0, 0.05) is 12.8 Å². The molecule has 1 saturated heterocycles. The number of nitrogens with one attached hydrogen (secondary N) is 1. The number of aliphatic hydroxyl groups is 3. The number of anilines is 1. The van der Waals surface area contributed by atoms with E-state index >= 15 is 0 Å². The minimum atomic E-state index is -1.46. The van der Waals surface area contributed by atoms with E-state index in [9.17, 15) is 24.9 Å². The summed E-state index contributed by atoms with van der Waals surface area (Å²) in [6, 6.07) is 4.76. The first kappa shape index (κ1) is 21.1. The van der Waals surface area contributed by atoms with Gasteiger partial charge >= 0.3 is 5.97 Å². The summed E-state index contributed by atoms with van der Waals surface area (Å²) in [5.41, 5.74) is 0.944. The molecule has 1 aliphatic rings. The summed E-state index contributed by atoms with van der Waals surface area (Å²) >= 11 is 0. The van der Waals surface area contributed by atoms with Gasteiger partial charge < -0.3 is 34.8 Å². The molecule has 1 aliphatic heterocycles. The molecule has 4 atom stereocenters. The van der Waals surface area contributed by atoms with Crippen LogP contribution >= 0.6 is 0 Å². The molecule has 9 heteroatoms. The van der Waals surface area contributed by atoms with Crippen molar-refractivity contribution >= 4 is 17.6 Å². The zero-order valence-corrected chi connectivity index (χ0v) is 15.3. The van der Waals surface area contributed by atoms with Gasteiger partial charge in [0.1, 0.15) is 30.7 Å². The molecule has 0 saturated carbocycles. The number of carbonyl (C=O) groups is 2. The van der Waals surface area contributed by atoms with Gasteiger partial charge in [-0.25, -0.2) is 0 Å². The predicted molar refractivity (Wildman–Crippen MR) is 93.8 cm³/mol. The van der Waals surface area contributed by atoms with Crippen molar-refractivity contribution in [3.8, 4) is 5.75 Å². The first-order chi connectivity index (χ1) is 12.8. The highest BCUT2D eigenvalue weighted by atomic mass is 16.7. The molecule has 27 heavy (non-hydrogen) atoms. The molecule has 1 fully saturated rings. The molecule has 1 amide bonds. The van der Waals surface area contributed by atoms with Gasteiger partial charge in [-0.1, -0.05) is 19.9 Å². The van der Waals surface area contributed by atoms with Crippen molar-refractivity contribution in [2.24, 2.45) is 0 Å². The third kappa shape index (κ3) is 5.64. The van der Waals surface area contributed by atoms with Crippen molar-refractivity contribution in [2.45, 2.75) is 57.9 Å². The Kier molecular flexibility index (Phi) is 7.55. The van der Waals surface area contributed by atoms with Crippen LogP contribution in [0.4, 0.5) is 5.69 Å². The summed E-state index contributed by atoms with van der Waals surface area (Å²) in [6.45, 7) is 3.21. The second-order valence-electron chi connectivity index (χ2n) is 6.11. The number of benzene rings is 1. The average Bonchev–Trinajstić information content (AvgIpc) is 2.67. The maximum absolute atomic E-state index is 11.8. The highest BCUT2D eigenvalue weighted by Crippen LogP contribution is 2.30. The van der Waals surface area contributed by atoms with E-state index in [-0.39, 0.29) is 43.7 Å². The van der Waals surface area contributed by atoms with E-state index in [0.717, 1.165) is 0 Å². The lowest BCUT2D eigenvalue weighted by molar-refractivity contribution is -0.241. The Bertz CT molecular complexity index is 665. The maximum Gasteiger partial charge on any atom is 0.305 e. The Balaban J connectivity index is 2.18. The van der Waals surface area contributed by atoms with Gasteiger partial charge in [0.05, 0.1) is 12.3 Å². The third-order valence-electron chi connectivity index (χ3n) is 4.03. The molecule has 0 bridgehead atoms. The van der Waals surface area contributed by atoms with Gasteiger partial charge in [-0.15, -0.1) is 0 Å². The number of ether oxygens (including phenoxy) is 3. The first-order valence-corrected chi connectivity index (χ1v) is 8.76. The average molecular weight is 383 g/mol. The Morgan fingerprint density at radius 2 is 1.93 bits per heavy atom. The van der Waals surface area contributed by atoms with Gasteiger partial charge in [-0.05, 0) is 17.7 Å². The van der Waals surface area contributed by atoms with Crippen LogP contribution < -0.4 is 10.1 Å².